The minimum atomic E-state index is -0.182. The van der Waals surface area contributed by atoms with Gasteiger partial charge in [0.25, 0.3) is 0 Å². The van der Waals surface area contributed by atoms with Crippen LogP contribution in [-0.2, 0) is 6.54 Å². The third-order valence-electron chi connectivity index (χ3n) is 4.01. The number of likely N-dealkylation sites (tertiary alicyclic amines) is 1. The first-order chi connectivity index (χ1) is 10.8. The number of halogens is 1. The predicted octanol–water partition coefficient (Wildman–Crippen LogP) is 3.38. The van der Waals surface area contributed by atoms with Crippen LogP contribution in [0.5, 0.6) is 0 Å². The predicted molar refractivity (Wildman–Crippen MR) is 85.0 cm³/mol. The van der Waals surface area contributed by atoms with E-state index in [1.807, 2.05) is 24.5 Å². The van der Waals surface area contributed by atoms with Crippen molar-refractivity contribution in [3.8, 4) is 0 Å². The van der Waals surface area contributed by atoms with Crippen LogP contribution in [0.2, 0.25) is 0 Å². The Morgan fingerprint density at radius 2 is 1.95 bits per heavy atom. The summed E-state index contributed by atoms with van der Waals surface area (Å²) >= 11 is 0. The van der Waals surface area contributed by atoms with E-state index in [1.54, 1.807) is 0 Å². The standard InChI is InChI=1S/C17H21FN4/c1-2-8-19-17-20-10-13(11-21-17)12-22-9-7-16(22)14-3-5-15(18)6-4-14/h3-6,10-11,16H,2,7-9,12H2,1H3,(H,19,20,21)/t16-/m1/s1. The molecule has 4 nitrogen and oxygen atoms in total. The molecule has 22 heavy (non-hydrogen) atoms. The number of nitrogens with one attached hydrogen (secondary N) is 1. The zero-order chi connectivity index (χ0) is 15.4. The van der Waals surface area contributed by atoms with Gasteiger partial charge < -0.3 is 5.32 Å². The molecule has 0 aliphatic carbocycles. The van der Waals surface area contributed by atoms with E-state index in [0.29, 0.717) is 12.0 Å². The lowest BCUT2D eigenvalue weighted by molar-refractivity contribution is 0.0816. The maximum absolute atomic E-state index is 13.0. The Kier molecular flexibility index (Phi) is 4.63. The third kappa shape index (κ3) is 3.42. The Balaban J connectivity index is 1.60. The summed E-state index contributed by atoms with van der Waals surface area (Å²) in [5.41, 5.74) is 2.28. The quantitative estimate of drug-likeness (QED) is 0.888. The van der Waals surface area contributed by atoms with Gasteiger partial charge in [-0.25, -0.2) is 14.4 Å². The minimum absolute atomic E-state index is 0.182. The Hall–Kier alpha value is -2.01. The summed E-state index contributed by atoms with van der Waals surface area (Å²) in [6, 6.07) is 7.19. The van der Waals surface area contributed by atoms with Gasteiger partial charge in [-0.05, 0) is 30.5 Å². The van der Waals surface area contributed by atoms with Gasteiger partial charge in [0.05, 0.1) is 0 Å². The Morgan fingerprint density at radius 3 is 2.55 bits per heavy atom. The van der Waals surface area contributed by atoms with Crippen molar-refractivity contribution in [2.24, 2.45) is 0 Å². The fourth-order valence-corrected chi connectivity index (χ4v) is 2.69. The summed E-state index contributed by atoms with van der Waals surface area (Å²) in [5.74, 6) is 0.502. The first kappa shape index (κ1) is 14.9. The van der Waals surface area contributed by atoms with E-state index < -0.39 is 0 Å². The second-order valence-electron chi connectivity index (χ2n) is 5.67. The number of benzene rings is 1. The van der Waals surface area contributed by atoms with Crippen LogP contribution in [0.4, 0.5) is 10.3 Å². The Bertz CT molecular complexity index is 597. The van der Waals surface area contributed by atoms with Gasteiger partial charge in [0.2, 0.25) is 5.95 Å². The van der Waals surface area contributed by atoms with Crippen molar-refractivity contribution in [1.29, 1.82) is 0 Å². The molecule has 1 aliphatic rings. The molecule has 1 saturated heterocycles. The summed E-state index contributed by atoms with van der Waals surface area (Å²) in [7, 11) is 0. The van der Waals surface area contributed by atoms with Crippen molar-refractivity contribution in [3.05, 3.63) is 53.6 Å². The molecule has 0 bridgehead atoms. The fraction of sp³-hybridized carbons (Fsp3) is 0.412. The van der Waals surface area contributed by atoms with Gasteiger partial charge in [0.15, 0.2) is 0 Å². The van der Waals surface area contributed by atoms with Crippen LogP contribution < -0.4 is 5.32 Å². The van der Waals surface area contributed by atoms with Gasteiger partial charge in [0.1, 0.15) is 5.82 Å². The van der Waals surface area contributed by atoms with Crippen LogP contribution in [-0.4, -0.2) is 28.0 Å². The average molecular weight is 300 g/mol. The average Bonchev–Trinajstić information content (AvgIpc) is 2.53. The minimum Gasteiger partial charge on any atom is -0.354 e. The van der Waals surface area contributed by atoms with Gasteiger partial charge >= 0.3 is 0 Å². The number of anilines is 1. The summed E-state index contributed by atoms with van der Waals surface area (Å²) in [6.07, 6.45) is 5.93. The molecule has 3 rings (SSSR count). The summed E-state index contributed by atoms with van der Waals surface area (Å²) in [5, 5.41) is 3.17. The highest BCUT2D eigenvalue weighted by Crippen LogP contribution is 2.34. The molecule has 1 aromatic carbocycles. The maximum Gasteiger partial charge on any atom is 0.222 e. The van der Waals surface area contributed by atoms with E-state index in [4.69, 9.17) is 0 Å². The molecular weight excluding hydrogens is 279 g/mol. The molecule has 1 aromatic heterocycles. The van der Waals surface area contributed by atoms with E-state index in [-0.39, 0.29) is 5.82 Å². The van der Waals surface area contributed by atoms with E-state index in [1.165, 1.54) is 17.7 Å². The highest BCUT2D eigenvalue weighted by Gasteiger charge is 2.29. The molecule has 0 amide bonds. The number of nitrogens with zero attached hydrogens (tertiary/aromatic N) is 3. The monoisotopic (exact) mass is 300 g/mol. The van der Waals surface area contributed by atoms with Crippen molar-refractivity contribution >= 4 is 5.95 Å². The lowest BCUT2D eigenvalue weighted by Gasteiger charge is -2.41. The van der Waals surface area contributed by atoms with Crippen molar-refractivity contribution < 1.29 is 4.39 Å². The molecule has 2 heterocycles. The van der Waals surface area contributed by atoms with Crippen molar-refractivity contribution in [3.63, 3.8) is 0 Å². The van der Waals surface area contributed by atoms with Crippen LogP contribution in [0.1, 0.15) is 36.9 Å². The fourth-order valence-electron chi connectivity index (χ4n) is 2.69. The van der Waals surface area contributed by atoms with E-state index in [2.05, 4.69) is 27.1 Å². The molecule has 1 N–H and O–H groups in total. The highest BCUT2D eigenvalue weighted by atomic mass is 19.1. The maximum atomic E-state index is 13.0. The summed E-state index contributed by atoms with van der Waals surface area (Å²) in [4.78, 5) is 11.0. The first-order valence-corrected chi connectivity index (χ1v) is 7.80. The van der Waals surface area contributed by atoms with E-state index >= 15 is 0 Å². The highest BCUT2D eigenvalue weighted by molar-refractivity contribution is 5.25. The van der Waals surface area contributed by atoms with Gasteiger partial charge in [-0.1, -0.05) is 19.1 Å². The van der Waals surface area contributed by atoms with Crippen molar-refractivity contribution in [2.75, 3.05) is 18.4 Å². The lowest BCUT2D eigenvalue weighted by Crippen LogP contribution is -2.40. The van der Waals surface area contributed by atoms with Crippen LogP contribution in [0, 0.1) is 5.82 Å². The zero-order valence-electron chi connectivity index (χ0n) is 12.8. The molecule has 1 fully saturated rings. The van der Waals surface area contributed by atoms with Crippen molar-refractivity contribution in [2.45, 2.75) is 32.4 Å². The number of hydrogen-bond donors (Lipinski definition) is 1. The molecule has 116 valence electrons. The van der Waals surface area contributed by atoms with Crippen LogP contribution in [0.25, 0.3) is 0 Å². The molecule has 0 spiro atoms. The number of rotatable bonds is 6. The number of hydrogen-bond acceptors (Lipinski definition) is 4. The molecule has 5 heteroatoms. The lowest BCUT2D eigenvalue weighted by atomic mass is 9.94. The van der Waals surface area contributed by atoms with Gasteiger partial charge in [-0.15, -0.1) is 0 Å². The molecule has 1 aliphatic heterocycles. The first-order valence-electron chi connectivity index (χ1n) is 7.80. The van der Waals surface area contributed by atoms with Crippen LogP contribution >= 0.6 is 0 Å². The molecule has 0 saturated carbocycles. The molecule has 1 atom stereocenters. The smallest absolute Gasteiger partial charge is 0.222 e. The molecule has 2 aromatic rings. The third-order valence-corrected chi connectivity index (χ3v) is 4.01. The Morgan fingerprint density at radius 1 is 1.23 bits per heavy atom. The second-order valence-corrected chi connectivity index (χ2v) is 5.67. The second kappa shape index (κ2) is 6.83. The van der Waals surface area contributed by atoms with E-state index in [0.717, 1.165) is 38.0 Å². The van der Waals surface area contributed by atoms with Gasteiger partial charge in [-0.3, -0.25) is 4.90 Å². The van der Waals surface area contributed by atoms with Crippen LogP contribution in [0.15, 0.2) is 36.7 Å². The van der Waals surface area contributed by atoms with Crippen LogP contribution in [0.3, 0.4) is 0 Å². The SMILES string of the molecule is CCCNc1ncc(CN2CC[C@@H]2c2ccc(F)cc2)cn1. The van der Waals surface area contributed by atoms with E-state index in [9.17, 15) is 4.39 Å². The Labute approximate surface area is 130 Å². The molecule has 0 unspecified atom stereocenters. The summed E-state index contributed by atoms with van der Waals surface area (Å²) < 4.78 is 13.0. The van der Waals surface area contributed by atoms with Gasteiger partial charge in [0, 0.05) is 43.6 Å². The molecular formula is C17H21FN4. The zero-order valence-corrected chi connectivity index (χ0v) is 12.8. The molecule has 0 radical (unpaired) electrons. The van der Waals surface area contributed by atoms with Crippen molar-refractivity contribution in [1.82, 2.24) is 14.9 Å². The topological polar surface area (TPSA) is 41.1 Å². The largest absolute Gasteiger partial charge is 0.354 e. The number of aromatic nitrogens is 2. The normalized spacial score (nSPS) is 18.0. The van der Waals surface area contributed by atoms with Gasteiger partial charge in [-0.2, -0.15) is 0 Å². The summed E-state index contributed by atoms with van der Waals surface area (Å²) in [6.45, 7) is 4.88.